The van der Waals surface area contributed by atoms with E-state index in [1.807, 2.05) is 25.2 Å². The van der Waals surface area contributed by atoms with Crippen LogP contribution in [0.2, 0.25) is 0 Å². The zero-order valence-corrected chi connectivity index (χ0v) is 19.7. The number of benzene rings is 1. The van der Waals surface area contributed by atoms with Gasteiger partial charge in [-0.25, -0.2) is 4.79 Å². The van der Waals surface area contributed by atoms with E-state index in [4.69, 9.17) is 4.74 Å². The third-order valence-corrected chi connectivity index (χ3v) is 5.65. The van der Waals surface area contributed by atoms with Gasteiger partial charge in [-0.3, -0.25) is 10.1 Å². The Labute approximate surface area is 191 Å². The largest absolute Gasteiger partial charge is 0.458 e. The van der Waals surface area contributed by atoms with Crippen molar-refractivity contribution in [2.45, 2.75) is 60.5 Å². The summed E-state index contributed by atoms with van der Waals surface area (Å²) in [5.41, 5.74) is 5.76. The number of nitro benzene ring substituents is 1. The molecule has 0 spiro atoms. The van der Waals surface area contributed by atoms with Gasteiger partial charge in [0.15, 0.2) is 0 Å². The standard InChI is InChI=1S/C27H33NO4/c1-20(11-16-25-22(3)10-7-17-27(25,4)5)8-6-9-21(2)18-26(29)32-19-23-12-14-24(15-13-23)28(30)31/h6,8-9,11-16,18H,7,10,17,19H2,1-5H3/b9-6+,16-11+,20-8+,21-18+. The molecular formula is C27H33NO4. The summed E-state index contributed by atoms with van der Waals surface area (Å²) in [6, 6.07) is 5.94. The van der Waals surface area contributed by atoms with Crippen LogP contribution in [0.25, 0.3) is 0 Å². The predicted molar refractivity (Wildman–Crippen MR) is 129 cm³/mol. The van der Waals surface area contributed by atoms with Gasteiger partial charge in [0.05, 0.1) is 4.92 Å². The van der Waals surface area contributed by atoms with Crippen molar-refractivity contribution < 1.29 is 14.5 Å². The molecule has 0 fully saturated rings. The van der Waals surface area contributed by atoms with Crippen molar-refractivity contribution in [2.24, 2.45) is 5.41 Å². The quantitative estimate of drug-likeness (QED) is 0.143. The number of nitrogens with zero attached hydrogens (tertiary/aromatic N) is 1. The number of rotatable bonds is 8. The van der Waals surface area contributed by atoms with Gasteiger partial charge >= 0.3 is 5.97 Å². The first kappa shape index (κ1) is 25.1. The zero-order chi connectivity index (χ0) is 23.7. The molecule has 1 aromatic carbocycles. The molecule has 5 heteroatoms. The van der Waals surface area contributed by atoms with Crippen LogP contribution in [0.15, 0.2) is 83.0 Å². The van der Waals surface area contributed by atoms with E-state index in [9.17, 15) is 14.9 Å². The van der Waals surface area contributed by atoms with Crippen LogP contribution >= 0.6 is 0 Å². The van der Waals surface area contributed by atoms with E-state index in [-0.39, 0.29) is 17.7 Å². The molecule has 1 aliphatic rings. The van der Waals surface area contributed by atoms with Crippen molar-refractivity contribution in [3.05, 3.63) is 98.7 Å². The van der Waals surface area contributed by atoms with Gasteiger partial charge < -0.3 is 4.74 Å². The van der Waals surface area contributed by atoms with E-state index in [1.54, 1.807) is 12.1 Å². The number of hydrogen-bond donors (Lipinski definition) is 0. The molecule has 5 nitrogen and oxygen atoms in total. The Bertz CT molecular complexity index is 989. The van der Waals surface area contributed by atoms with Crippen LogP contribution in [0.1, 0.15) is 59.4 Å². The second kappa shape index (κ2) is 11.4. The van der Waals surface area contributed by atoms with Crippen LogP contribution in [0, 0.1) is 15.5 Å². The lowest BCUT2D eigenvalue weighted by Gasteiger charge is -2.32. The first-order chi connectivity index (χ1) is 15.1. The fraction of sp³-hybridized carbons (Fsp3) is 0.370. The van der Waals surface area contributed by atoms with Gasteiger partial charge in [0, 0.05) is 18.2 Å². The topological polar surface area (TPSA) is 69.4 Å². The highest BCUT2D eigenvalue weighted by Crippen LogP contribution is 2.40. The molecular weight excluding hydrogens is 402 g/mol. The summed E-state index contributed by atoms with van der Waals surface area (Å²) in [5.74, 6) is -0.451. The van der Waals surface area contributed by atoms with Crippen molar-refractivity contribution in [1.29, 1.82) is 0 Å². The van der Waals surface area contributed by atoms with Gasteiger partial charge in [0.1, 0.15) is 6.61 Å². The smallest absolute Gasteiger partial charge is 0.331 e. The molecule has 0 aromatic heterocycles. The van der Waals surface area contributed by atoms with E-state index in [0.29, 0.717) is 5.56 Å². The zero-order valence-electron chi connectivity index (χ0n) is 19.7. The van der Waals surface area contributed by atoms with Gasteiger partial charge in [-0.2, -0.15) is 0 Å². The minimum absolute atomic E-state index is 0.00783. The Morgan fingerprint density at radius 1 is 1.16 bits per heavy atom. The minimum Gasteiger partial charge on any atom is -0.458 e. The Hall–Kier alpha value is -3.21. The van der Waals surface area contributed by atoms with E-state index >= 15 is 0 Å². The van der Waals surface area contributed by atoms with Gasteiger partial charge in [0.25, 0.3) is 5.69 Å². The molecule has 0 N–H and O–H groups in total. The molecule has 0 bridgehead atoms. The molecule has 1 aliphatic carbocycles. The molecule has 2 rings (SSSR count). The van der Waals surface area contributed by atoms with E-state index < -0.39 is 10.9 Å². The van der Waals surface area contributed by atoms with Gasteiger partial charge in [-0.1, -0.05) is 55.4 Å². The van der Waals surface area contributed by atoms with Crippen LogP contribution in [-0.2, 0) is 16.1 Å². The molecule has 0 aliphatic heterocycles. The van der Waals surface area contributed by atoms with Crippen LogP contribution in [0.4, 0.5) is 5.69 Å². The first-order valence-corrected chi connectivity index (χ1v) is 10.9. The SMILES string of the molecule is CC1=C(/C=C/C(C)=C/C=C/C(C)=C/C(=O)OCc2ccc([N+](=O)[O-])cc2)C(C)(C)CCC1. The average molecular weight is 436 g/mol. The number of allylic oxidation sites excluding steroid dienone is 9. The monoisotopic (exact) mass is 435 g/mol. The van der Waals surface area contributed by atoms with Crippen molar-refractivity contribution in [2.75, 3.05) is 0 Å². The lowest BCUT2D eigenvalue weighted by Crippen LogP contribution is -2.19. The van der Waals surface area contributed by atoms with E-state index in [1.165, 1.54) is 48.6 Å². The van der Waals surface area contributed by atoms with Gasteiger partial charge in [-0.15, -0.1) is 0 Å². The molecule has 0 saturated carbocycles. The number of non-ortho nitro benzene ring substituents is 1. The van der Waals surface area contributed by atoms with E-state index in [0.717, 1.165) is 11.1 Å². The van der Waals surface area contributed by atoms with Crippen LogP contribution in [0.3, 0.4) is 0 Å². The van der Waals surface area contributed by atoms with Crippen molar-refractivity contribution in [3.63, 3.8) is 0 Å². The Morgan fingerprint density at radius 3 is 2.47 bits per heavy atom. The molecule has 0 atom stereocenters. The summed E-state index contributed by atoms with van der Waals surface area (Å²) in [6.07, 6.45) is 15.3. The summed E-state index contributed by atoms with van der Waals surface area (Å²) in [4.78, 5) is 22.2. The fourth-order valence-electron chi connectivity index (χ4n) is 3.78. The van der Waals surface area contributed by atoms with Crippen LogP contribution in [-0.4, -0.2) is 10.9 Å². The molecule has 0 unspecified atom stereocenters. The minimum atomic E-state index is -0.463. The molecule has 0 radical (unpaired) electrons. The Balaban J connectivity index is 1.89. The Kier molecular flexibility index (Phi) is 8.94. The van der Waals surface area contributed by atoms with Gasteiger partial charge in [0.2, 0.25) is 0 Å². The van der Waals surface area contributed by atoms with Crippen molar-refractivity contribution in [3.8, 4) is 0 Å². The number of ether oxygens (including phenoxy) is 1. The lowest BCUT2D eigenvalue weighted by atomic mass is 9.72. The second-order valence-corrected chi connectivity index (χ2v) is 8.95. The van der Waals surface area contributed by atoms with Gasteiger partial charge in [-0.05, 0) is 74.3 Å². The molecule has 0 saturated heterocycles. The summed E-state index contributed by atoms with van der Waals surface area (Å²) < 4.78 is 5.21. The van der Waals surface area contributed by atoms with Crippen molar-refractivity contribution in [1.82, 2.24) is 0 Å². The summed E-state index contributed by atoms with van der Waals surface area (Å²) in [7, 11) is 0. The van der Waals surface area contributed by atoms with Crippen LogP contribution < -0.4 is 0 Å². The van der Waals surface area contributed by atoms with Crippen molar-refractivity contribution >= 4 is 11.7 Å². The normalized spacial score (nSPS) is 17.3. The maximum Gasteiger partial charge on any atom is 0.331 e. The average Bonchev–Trinajstić information content (AvgIpc) is 2.71. The lowest BCUT2D eigenvalue weighted by molar-refractivity contribution is -0.384. The molecule has 1 aromatic rings. The number of esters is 1. The molecule has 32 heavy (non-hydrogen) atoms. The summed E-state index contributed by atoms with van der Waals surface area (Å²) >= 11 is 0. The highest BCUT2D eigenvalue weighted by Gasteiger charge is 2.26. The third-order valence-electron chi connectivity index (χ3n) is 5.65. The molecule has 170 valence electrons. The summed E-state index contributed by atoms with van der Waals surface area (Å²) in [6.45, 7) is 10.8. The number of nitro groups is 1. The number of carbonyl (C=O) groups excluding carboxylic acids is 1. The number of hydrogen-bond acceptors (Lipinski definition) is 4. The molecule has 0 heterocycles. The van der Waals surface area contributed by atoms with E-state index in [2.05, 4.69) is 39.8 Å². The maximum absolute atomic E-state index is 12.0. The maximum atomic E-state index is 12.0. The number of carbonyl (C=O) groups is 1. The highest BCUT2D eigenvalue weighted by atomic mass is 16.6. The Morgan fingerprint density at radius 2 is 1.84 bits per heavy atom. The highest BCUT2D eigenvalue weighted by molar-refractivity contribution is 5.83. The third kappa shape index (κ3) is 7.80. The summed E-state index contributed by atoms with van der Waals surface area (Å²) in [5, 5.41) is 10.7. The predicted octanol–water partition coefficient (Wildman–Crippen LogP) is 7.17. The second-order valence-electron chi connectivity index (χ2n) is 8.95. The first-order valence-electron chi connectivity index (χ1n) is 10.9. The molecule has 0 amide bonds. The van der Waals surface area contributed by atoms with Crippen LogP contribution in [0.5, 0.6) is 0 Å². The fourth-order valence-corrected chi connectivity index (χ4v) is 3.78.